The highest BCUT2D eigenvalue weighted by atomic mass is 32.2. The van der Waals surface area contributed by atoms with E-state index in [1.54, 1.807) is 30.3 Å². The topological polar surface area (TPSA) is 104 Å². The van der Waals surface area contributed by atoms with Crippen LogP contribution in [0.3, 0.4) is 0 Å². The van der Waals surface area contributed by atoms with Crippen LogP contribution in [0.25, 0.3) is 0 Å². The Balaban J connectivity index is 2.24. The number of phenols is 1. The largest absolute Gasteiger partial charge is 0.508 e. The van der Waals surface area contributed by atoms with Crippen LogP contribution in [0.1, 0.15) is 39.5 Å². The number of rotatable bonds is 9. The van der Waals surface area contributed by atoms with E-state index in [-0.39, 0.29) is 22.1 Å². The smallest absolute Gasteiger partial charge is 0.341 e. The lowest BCUT2D eigenvalue weighted by Crippen LogP contribution is -2.37. The number of unbranched alkanes of at least 4 members (excludes halogenated alkanes) is 1. The number of sulfone groups is 1. The van der Waals surface area contributed by atoms with Crippen LogP contribution >= 0.6 is 11.8 Å². The molecule has 0 aromatic heterocycles. The SMILES string of the molecule is CCCCC1(CC)CN(c2ccc(O)cc2)c2cc(SC)c(OCC(=O)O)cc2S(=O)(=O)C1. The molecule has 0 saturated carbocycles. The summed E-state index contributed by atoms with van der Waals surface area (Å²) >= 11 is 1.37. The Hall–Kier alpha value is -2.39. The zero-order valence-corrected chi connectivity index (χ0v) is 20.8. The summed E-state index contributed by atoms with van der Waals surface area (Å²) in [6.45, 7) is 4.09. The van der Waals surface area contributed by atoms with E-state index in [0.717, 1.165) is 24.9 Å². The molecule has 0 radical (unpaired) electrons. The van der Waals surface area contributed by atoms with Crippen LogP contribution in [-0.2, 0) is 14.6 Å². The van der Waals surface area contributed by atoms with Crippen molar-refractivity contribution >= 4 is 38.9 Å². The molecule has 0 bridgehead atoms. The van der Waals surface area contributed by atoms with E-state index < -0.39 is 27.8 Å². The minimum Gasteiger partial charge on any atom is -0.508 e. The van der Waals surface area contributed by atoms with Gasteiger partial charge in [0, 0.05) is 23.7 Å². The molecule has 0 spiro atoms. The highest BCUT2D eigenvalue weighted by Crippen LogP contribution is 2.47. The van der Waals surface area contributed by atoms with Gasteiger partial charge in [0.05, 0.1) is 21.2 Å². The van der Waals surface area contributed by atoms with Gasteiger partial charge < -0.3 is 19.8 Å². The van der Waals surface area contributed by atoms with Crippen molar-refractivity contribution in [2.45, 2.75) is 49.3 Å². The number of aromatic hydroxyl groups is 1. The van der Waals surface area contributed by atoms with Crippen LogP contribution in [-0.4, -0.2) is 49.8 Å². The summed E-state index contributed by atoms with van der Waals surface area (Å²) in [4.78, 5) is 13.9. The fourth-order valence-corrected chi connectivity index (χ4v) is 7.03. The van der Waals surface area contributed by atoms with E-state index in [2.05, 4.69) is 6.92 Å². The first-order chi connectivity index (χ1) is 15.6. The van der Waals surface area contributed by atoms with Crippen LogP contribution in [0.2, 0.25) is 0 Å². The molecule has 9 heteroatoms. The quantitative estimate of drug-likeness (QED) is 0.466. The van der Waals surface area contributed by atoms with Crippen LogP contribution < -0.4 is 9.64 Å². The molecule has 2 N–H and O–H groups in total. The number of thioether (sulfide) groups is 1. The Morgan fingerprint density at radius 1 is 1.21 bits per heavy atom. The van der Waals surface area contributed by atoms with Crippen molar-refractivity contribution in [3.05, 3.63) is 36.4 Å². The predicted molar refractivity (Wildman–Crippen MR) is 131 cm³/mol. The number of hydrogen-bond acceptors (Lipinski definition) is 7. The highest BCUT2D eigenvalue weighted by Gasteiger charge is 2.42. The Morgan fingerprint density at radius 3 is 2.48 bits per heavy atom. The monoisotopic (exact) mass is 493 g/mol. The van der Waals surface area contributed by atoms with Crippen molar-refractivity contribution in [1.29, 1.82) is 0 Å². The molecule has 33 heavy (non-hydrogen) atoms. The third-order valence-corrected chi connectivity index (χ3v) is 8.93. The number of phenolic OH excluding ortho intramolecular Hbond substituents is 1. The summed E-state index contributed by atoms with van der Waals surface area (Å²) in [5.74, 6) is -0.739. The normalized spacial score (nSPS) is 19.5. The van der Waals surface area contributed by atoms with Gasteiger partial charge in [0.15, 0.2) is 16.4 Å². The molecule has 0 aliphatic carbocycles. The van der Waals surface area contributed by atoms with E-state index in [9.17, 15) is 18.3 Å². The Kier molecular flexibility index (Phi) is 7.84. The number of carboxylic acid groups (broad SMARTS) is 1. The number of hydrogen-bond donors (Lipinski definition) is 2. The summed E-state index contributed by atoms with van der Waals surface area (Å²) in [7, 11) is -3.69. The van der Waals surface area contributed by atoms with Gasteiger partial charge in [-0.15, -0.1) is 11.8 Å². The van der Waals surface area contributed by atoms with Gasteiger partial charge in [-0.05, 0) is 49.4 Å². The van der Waals surface area contributed by atoms with Gasteiger partial charge in [-0.3, -0.25) is 0 Å². The minimum atomic E-state index is -3.69. The third-order valence-electron chi connectivity index (χ3n) is 6.18. The second-order valence-electron chi connectivity index (χ2n) is 8.47. The predicted octanol–water partition coefficient (Wildman–Crippen LogP) is 5.09. The zero-order valence-electron chi connectivity index (χ0n) is 19.2. The molecular formula is C24H31NO6S2. The average molecular weight is 494 g/mol. The Bertz CT molecular complexity index is 1100. The van der Waals surface area contributed by atoms with E-state index in [0.29, 0.717) is 23.5 Å². The van der Waals surface area contributed by atoms with Crippen molar-refractivity contribution in [3.63, 3.8) is 0 Å². The second kappa shape index (κ2) is 10.3. The standard InChI is InChI=1S/C24H31NO6S2/c1-4-6-11-24(5-2)15-25(17-7-9-18(26)10-8-17)19-12-21(32-3)20(31-14-23(27)28)13-22(19)33(29,30)16-24/h7-10,12-13,26H,4-6,11,14-16H2,1-3H3,(H,27,28). The third kappa shape index (κ3) is 5.58. The van der Waals surface area contributed by atoms with Gasteiger partial charge in [0.2, 0.25) is 0 Å². The second-order valence-corrected chi connectivity index (χ2v) is 11.3. The fourth-order valence-electron chi connectivity index (χ4n) is 4.31. The lowest BCUT2D eigenvalue weighted by molar-refractivity contribution is -0.139. The maximum absolute atomic E-state index is 13.7. The summed E-state index contributed by atoms with van der Waals surface area (Å²) in [5, 5.41) is 18.8. The number of carboxylic acids is 1. The molecule has 2 aromatic carbocycles. The van der Waals surface area contributed by atoms with Crippen LogP contribution in [0, 0.1) is 5.41 Å². The number of nitrogens with zero attached hydrogens (tertiary/aromatic N) is 1. The maximum atomic E-state index is 13.7. The first-order valence-electron chi connectivity index (χ1n) is 11.0. The molecule has 1 aliphatic rings. The van der Waals surface area contributed by atoms with Crippen molar-refractivity contribution in [3.8, 4) is 11.5 Å². The van der Waals surface area contributed by atoms with Gasteiger partial charge in [-0.2, -0.15) is 0 Å². The lowest BCUT2D eigenvalue weighted by Gasteiger charge is -2.36. The van der Waals surface area contributed by atoms with Crippen LogP contribution in [0.15, 0.2) is 46.2 Å². The number of carbonyl (C=O) groups is 1. The Morgan fingerprint density at radius 2 is 1.91 bits per heavy atom. The van der Waals surface area contributed by atoms with E-state index in [1.165, 1.54) is 17.8 Å². The first kappa shape index (κ1) is 25.2. The van der Waals surface area contributed by atoms with E-state index >= 15 is 0 Å². The fraction of sp³-hybridized carbons (Fsp3) is 0.458. The van der Waals surface area contributed by atoms with Gasteiger partial charge >= 0.3 is 5.97 Å². The number of fused-ring (bicyclic) bond motifs is 1. The number of anilines is 2. The highest BCUT2D eigenvalue weighted by molar-refractivity contribution is 7.98. The molecule has 3 rings (SSSR count). The summed E-state index contributed by atoms with van der Waals surface area (Å²) in [6.07, 6.45) is 5.21. The van der Waals surface area contributed by atoms with Gasteiger partial charge in [-0.25, -0.2) is 13.2 Å². The van der Waals surface area contributed by atoms with Crippen molar-refractivity contribution in [2.75, 3.05) is 30.1 Å². The molecule has 0 amide bonds. The number of benzene rings is 2. The van der Waals surface area contributed by atoms with E-state index in [4.69, 9.17) is 9.84 Å². The summed E-state index contributed by atoms with van der Waals surface area (Å²) < 4.78 is 32.9. The molecule has 7 nitrogen and oxygen atoms in total. The molecule has 2 aromatic rings. The van der Waals surface area contributed by atoms with Crippen LogP contribution in [0.5, 0.6) is 11.5 Å². The van der Waals surface area contributed by atoms with Gasteiger partial charge in [0.25, 0.3) is 0 Å². The van der Waals surface area contributed by atoms with Gasteiger partial charge in [-0.1, -0.05) is 26.7 Å². The lowest BCUT2D eigenvalue weighted by atomic mass is 9.81. The zero-order chi connectivity index (χ0) is 24.2. The molecule has 1 unspecified atom stereocenters. The molecule has 1 atom stereocenters. The summed E-state index contributed by atoms with van der Waals surface area (Å²) in [5.41, 5.74) is 0.874. The summed E-state index contributed by atoms with van der Waals surface area (Å²) in [6, 6.07) is 9.99. The first-order valence-corrected chi connectivity index (χ1v) is 13.9. The van der Waals surface area contributed by atoms with Crippen LogP contribution in [0.4, 0.5) is 11.4 Å². The molecular weight excluding hydrogens is 462 g/mol. The maximum Gasteiger partial charge on any atom is 0.341 e. The number of ether oxygens (including phenoxy) is 1. The Labute approximate surface area is 199 Å². The average Bonchev–Trinajstić information content (AvgIpc) is 2.88. The molecule has 0 fully saturated rings. The van der Waals surface area contributed by atoms with Crippen molar-refractivity contribution < 1.29 is 28.2 Å². The van der Waals surface area contributed by atoms with Gasteiger partial charge in [0.1, 0.15) is 11.5 Å². The number of aliphatic carboxylic acids is 1. The molecule has 180 valence electrons. The molecule has 0 saturated heterocycles. The molecule has 1 aliphatic heterocycles. The van der Waals surface area contributed by atoms with E-state index in [1.807, 2.05) is 18.1 Å². The van der Waals surface area contributed by atoms with Crippen molar-refractivity contribution in [1.82, 2.24) is 0 Å². The minimum absolute atomic E-state index is 0.00900. The molecule has 1 heterocycles. The van der Waals surface area contributed by atoms with Crippen molar-refractivity contribution in [2.24, 2.45) is 5.41 Å².